The van der Waals surface area contributed by atoms with Crippen molar-refractivity contribution in [2.24, 2.45) is 34.5 Å². The van der Waals surface area contributed by atoms with Crippen molar-refractivity contribution in [3.8, 4) is 0 Å². The Morgan fingerprint density at radius 3 is 3.27 bits per heavy atom. The van der Waals surface area contributed by atoms with Crippen LogP contribution in [0.15, 0.2) is 17.3 Å². The third kappa shape index (κ3) is 1.28. The van der Waals surface area contributed by atoms with E-state index in [1.54, 1.807) is 0 Å². The molecule has 0 aliphatic heterocycles. The third-order valence-corrected chi connectivity index (χ3v) is 4.10. The molecule has 3 aliphatic carbocycles. The van der Waals surface area contributed by atoms with Crippen molar-refractivity contribution in [2.75, 3.05) is 0 Å². The van der Waals surface area contributed by atoms with Crippen LogP contribution in [0.4, 0.5) is 4.79 Å². The van der Waals surface area contributed by atoms with Crippen molar-refractivity contribution < 1.29 is 4.79 Å². The highest BCUT2D eigenvalue weighted by molar-refractivity contribution is 5.91. The number of rotatable bonds is 1. The monoisotopic (exact) mass is 205 g/mol. The first kappa shape index (κ1) is 8.95. The van der Waals surface area contributed by atoms with Gasteiger partial charge in [0.2, 0.25) is 0 Å². The first-order valence-corrected chi connectivity index (χ1v) is 5.54. The zero-order chi connectivity index (χ0) is 10.4. The van der Waals surface area contributed by atoms with E-state index in [2.05, 4.69) is 22.7 Å². The smallest absolute Gasteiger partial charge is 0.332 e. The molecule has 0 aromatic carbocycles. The highest BCUT2D eigenvalue weighted by Gasteiger charge is 2.50. The van der Waals surface area contributed by atoms with Gasteiger partial charge in [-0.1, -0.05) is 12.2 Å². The Balaban J connectivity index is 1.78. The third-order valence-electron chi connectivity index (χ3n) is 4.10. The number of hydrogen-bond donors (Lipinski definition) is 2. The predicted molar refractivity (Wildman–Crippen MR) is 57.1 cm³/mol. The number of nitrogens with two attached hydrogens (primary N) is 1. The molecule has 0 radical (unpaired) electrons. The number of urea groups is 1. The summed E-state index contributed by atoms with van der Waals surface area (Å²) in [5.41, 5.74) is 8.50. The summed E-state index contributed by atoms with van der Waals surface area (Å²) in [6.45, 7) is 0. The van der Waals surface area contributed by atoms with Gasteiger partial charge in [-0.15, -0.1) is 0 Å². The van der Waals surface area contributed by atoms with Crippen LogP contribution in [-0.4, -0.2) is 11.7 Å². The van der Waals surface area contributed by atoms with Crippen LogP contribution in [0.1, 0.15) is 19.3 Å². The molecule has 4 atom stereocenters. The Morgan fingerprint density at radius 2 is 2.47 bits per heavy atom. The standard InChI is InChI=1S/C11H15N3O/c12-11(15)14-13-10-5-6-4-9(10)8-3-1-2-7(6)8/h1,3,6-9H,2,4-5H2,(H3,12,14,15)/b13-10+/t6-,7+,8-,9+/m1/s1. The summed E-state index contributed by atoms with van der Waals surface area (Å²) in [4.78, 5) is 10.6. The molecule has 2 saturated carbocycles. The average molecular weight is 205 g/mol. The molecular formula is C11H15N3O. The van der Waals surface area contributed by atoms with Gasteiger partial charge in [0, 0.05) is 11.6 Å². The summed E-state index contributed by atoms with van der Waals surface area (Å²) in [6.07, 6.45) is 8.16. The summed E-state index contributed by atoms with van der Waals surface area (Å²) < 4.78 is 0. The van der Waals surface area contributed by atoms with Crippen molar-refractivity contribution in [1.82, 2.24) is 5.43 Å². The number of carbonyl (C=O) groups is 1. The van der Waals surface area contributed by atoms with E-state index < -0.39 is 6.03 Å². The minimum absolute atomic E-state index is 0.561. The molecule has 4 heteroatoms. The number of allylic oxidation sites excluding steroid dienone is 2. The summed E-state index contributed by atoms with van der Waals surface area (Å²) >= 11 is 0. The summed E-state index contributed by atoms with van der Waals surface area (Å²) in [6, 6.07) is -0.566. The van der Waals surface area contributed by atoms with Gasteiger partial charge >= 0.3 is 6.03 Å². The number of nitrogens with one attached hydrogen (secondary N) is 1. The van der Waals surface area contributed by atoms with Crippen molar-refractivity contribution in [3.05, 3.63) is 12.2 Å². The zero-order valence-electron chi connectivity index (χ0n) is 8.52. The molecule has 4 nitrogen and oxygen atoms in total. The number of fused-ring (bicyclic) bond motifs is 5. The maximum atomic E-state index is 10.6. The van der Waals surface area contributed by atoms with Crippen LogP contribution < -0.4 is 11.2 Å². The number of primary amides is 1. The van der Waals surface area contributed by atoms with Gasteiger partial charge in [0.1, 0.15) is 0 Å². The zero-order valence-corrected chi connectivity index (χ0v) is 8.52. The second-order valence-electron chi connectivity index (χ2n) is 4.79. The highest BCUT2D eigenvalue weighted by atomic mass is 16.2. The molecule has 0 aromatic heterocycles. The lowest BCUT2D eigenvalue weighted by Gasteiger charge is -2.25. The van der Waals surface area contributed by atoms with Gasteiger partial charge in [0.25, 0.3) is 0 Å². The Bertz CT molecular complexity index is 361. The fraction of sp³-hybridized carbons (Fsp3) is 0.636. The van der Waals surface area contributed by atoms with Crippen LogP contribution in [0.2, 0.25) is 0 Å². The van der Waals surface area contributed by atoms with Crippen molar-refractivity contribution in [3.63, 3.8) is 0 Å². The maximum Gasteiger partial charge on any atom is 0.332 e. The molecule has 3 N–H and O–H groups in total. The van der Waals surface area contributed by atoms with Crippen LogP contribution in [0.5, 0.6) is 0 Å². The van der Waals surface area contributed by atoms with Gasteiger partial charge in [-0.05, 0) is 37.0 Å². The molecule has 2 amide bonds. The first-order valence-electron chi connectivity index (χ1n) is 5.54. The first-order chi connectivity index (χ1) is 7.25. The van der Waals surface area contributed by atoms with Gasteiger partial charge in [-0.25, -0.2) is 10.2 Å². The number of nitrogens with zero attached hydrogens (tertiary/aromatic N) is 1. The van der Waals surface area contributed by atoms with Crippen LogP contribution >= 0.6 is 0 Å². The number of carbonyl (C=O) groups excluding carboxylic acids is 1. The fourth-order valence-corrected chi connectivity index (χ4v) is 3.56. The number of hydrogen-bond acceptors (Lipinski definition) is 2. The molecule has 0 saturated heterocycles. The summed E-state index contributed by atoms with van der Waals surface area (Å²) in [5.74, 6) is 2.87. The molecule has 3 rings (SSSR count). The van der Waals surface area contributed by atoms with E-state index in [9.17, 15) is 4.79 Å². The molecule has 2 fully saturated rings. The van der Waals surface area contributed by atoms with Crippen LogP contribution in [0.25, 0.3) is 0 Å². The fourth-order valence-electron chi connectivity index (χ4n) is 3.56. The molecule has 0 unspecified atom stereocenters. The lowest BCUT2D eigenvalue weighted by molar-refractivity contribution is 0.249. The summed E-state index contributed by atoms with van der Waals surface area (Å²) in [5, 5.41) is 4.12. The predicted octanol–water partition coefficient (Wildman–Crippen LogP) is 1.24. The van der Waals surface area contributed by atoms with Crippen molar-refractivity contribution in [1.29, 1.82) is 0 Å². The Hall–Kier alpha value is -1.32. The molecule has 15 heavy (non-hydrogen) atoms. The van der Waals surface area contributed by atoms with Crippen molar-refractivity contribution in [2.45, 2.75) is 19.3 Å². The number of amides is 2. The van der Waals surface area contributed by atoms with E-state index in [1.165, 1.54) is 12.8 Å². The van der Waals surface area contributed by atoms with E-state index in [0.29, 0.717) is 11.8 Å². The molecule has 3 aliphatic rings. The SMILES string of the molecule is NC(=O)N/N=C1\C[C@H]2C[C@H]1[C@@H]1C=CC[C@@H]21. The molecule has 0 heterocycles. The highest BCUT2D eigenvalue weighted by Crippen LogP contribution is 2.55. The topological polar surface area (TPSA) is 67.5 Å². The van der Waals surface area contributed by atoms with Gasteiger partial charge in [-0.3, -0.25) is 0 Å². The Kier molecular flexibility index (Phi) is 1.84. The second kappa shape index (κ2) is 3.08. The van der Waals surface area contributed by atoms with Crippen molar-refractivity contribution >= 4 is 11.7 Å². The van der Waals surface area contributed by atoms with Gasteiger partial charge in [0.05, 0.1) is 0 Å². The largest absolute Gasteiger partial charge is 0.350 e. The van der Waals surface area contributed by atoms with E-state index in [0.717, 1.165) is 24.0 Å². The van der Waals surface area contributed by atoms with Crippen LogP contribution in [0, 0.1) is 23.7 Å². The Labute approximate surface area is 88.6 Å². The number of hydrazone groups is 1. The minimum Gasteiger partial charge on any atom is -0.350 e. The van der Waals surface area contributed by atoms with Gasteiger partial charge in [-0.2, -0.15) is 5.10 Å². The average Bonchev–Trinajstić information content (AvgIpc) is 2.86. The Morgan fingerprint density at radius 1 is 1.60 bits per heavy atom. The van der Waals surface area contributed by atoms with Crippen LogP contribution in [0.3, 0.4) is 0 Å². The lowest BCUT2D eigenvalue weighted by Crippen LogP contribution is -2.30. The quantitative estimate of drug-likeness (QED) is 0.491. The minimum atomic E-state index is -0.566. The summed E-state index contributed by atoms with van der Waals surface area (Å²) in [7, 11) is 0. The lowest BCUT2D eigenvalue weighted by atomic mass is 9.80. The molecule has 80 valence electrons. The second-order valence-corrected chi connectivity index (χ2v) is 4.79. The normalized spacial score (nSPS) is 43.6. The van der Waals surface area contributed by atoms with Gasteiger partial charge < -0.3 is 5.73 Å². The van der Waals surface area contributed by atoms with Gasteiger partial charge in [0.15, 0.2) is 0 Å². The van der Waals surface area contributed by atoms with E-state index >= 15 is 0 Å². The molecular weight excluding hydrogens is 190 g/mol. The van der Waals surface area contributed by atoms with E-state index in [-0.39, 0.29) is 0 Å². The molecule has 0 aromatic rings. The maximum absolute atomic E-state index is 10.6. The van der Waals surface area contributed by atoms with Crippen LogP contribution in [-0.2, 0) is 0 Å². The van der Waals surface area contributed by atoms with E-state index in [1.807, 2.05) is 0 Å². The molecule has 2 bridgehead atoms. The van der Waals surface area contributed by atoms with E-state index in [4.69, 9.17) is 5.73 Å². The molecule has 0 spiro atoms.